The van der Waals surface area contributed by atoms with Crippen molar-refractivity contribution >= 4 is 12.4 Å². The third-order valence-corrected chi connectivity index (χ3v) is 4.74. The number of rotatable bonds is 1. The summed E-state index contributed by atoms with van der Waals surface area (Å²) in [4.78, 5) is 20.9. The summed E-state index contributed by atoms with van der Waals surface area (Å²) in [7, 11) is 0. The molecular weight excluding hydrogens is 292 g/mol. The van der Waals surface area contributed by atoms with Crippen LogP contribution in [0.1, 0.15) is 40.5 Å². The van der Waals surface area contributed by atoms with Gasteiger partial charge in [0.25, 0.3) is 0 Å². The lowest BCUT2D eigenvalue weighted by Crippen LogP contribution is -2.52. The maximum absolute atomic E-state index is 12.2. The van der Waals surface area contributed by atoms with Gasteiger partial charge in [0.2, 0.25) is 0 Å². The minimum atomic E-state index is -0.438. The fourth-order valence-electron chi connectivity index (χ4n) is 3.58. The molecule has 0 radical (unpaired) electrons. The number of aliphatic imine (C=N–C) groups is 1. The zero-order chi connectivity index (χ0) is 16.6. The average Bonchev–Trinajstić information content (AvgIpc) is 2.87. The van der Waals surface area contributed by atoms with Crippen molar-refractivity contribution in [3.63, 3.8) is 0 Å². The summed E-state index contributed by atoms with van der Waals surface area (Å²) in [5.74, 6) is 1.81. The molecule has 2 aliphatic heterocycles. The lowest BCUT2D eigenvalue weighted by molar-refractivity contribution is 0.0164. The molecule has 2 fully saturated rings. The van der Waals surface area contributed by atoms with E-state index < -0.39 is 5.60 Å². The first kappa shape index (κ1) is 16.1. The normalized spacial score (nSPS) is 27.8. The Hall–Kier alpha value is -1.72. The monoisotopic (exact) mass is 320 g/mol. The number of hydrogen-bond donors (Lipinski definition) is 1. The third-order valence-electron chi connectivity index (χ3n) is 4.74. The number of carbonyl (C=O) groups excluding carboxylic acids is 1. The molecule has 2 heterocycles. The summed E-state index contributed by atoms with van der Waals surface area (Å²) in [5.41, 5.74) is 1.01. The van der Waals surface area contributed by atoms with Crippen molar-refractivity contribution in [2.45, 2.75) is 52.2 Å². The van der Waals surface area contributed by atoms with Crippen LogP contribution in [0.4, 0.5) is 4.79 Å². The molecule has 1 unspecified atom stereocenters. The van der Waals surface area contributed by atoms with Gasteiger partial charge in [0, 0.05) is 26.2 Å². The van der Waals surface area contributed by atoms with Crippen LogP contribution in [-0.4, -0.2) is 60.1 Å². The SMILES string of the molecule is C[C@@H]1CCC2N=CNC(N3CCN(C(=O)OC(C)(C)C)CC3)=C21. The van der Waals surface area contributed by atoms with E-state index in [1.807, 2.05) is 27.1 Å². The highest BCUT2D eigenvalue weighted by molar-refractivity contribution is 5.68. The molecular formula is C17H28N4O2. The Bertz CT molecular complexity index is 527. The summed E-state index contributed by atoms with van der Waals surface area (Å²) in [6, 6.07) is 0.352. The molecule has 0 bridgehead atoms. The molecule has 0 spiro atoms. The molecule has 0 aromatic carbocycles. The molecule has 128 valence electrons. The predicted octanol–water partition coefficient (Wildman–Crippen LogP) is 2.18. The Morgan fingerprint density at radius 2 is 1.96 bits per heavy atom. The van der Waals surface area contributed by atoms with E-state index in [1.54, 1.807) is 4.90 Å². The molecule has 1 N–H and O–H groups in total. The zero-order valence-corrected chi connectivity index (χ0v) is 14.6. The van der Waals surface area contributed by atoms with Crippen LogP contribution in [0.2, 0.25) is 0 Å². The van der Waals surface area contributed by atoms with Gasteiger partial charge in [-0.2, -0.15) is 0 Å². The Labute approximate surface area is 138 Å². The molecule has 0 aromatic rings. The van der Waals surface area contributed by atoms with Gasteiger partial charge in [-0.15, -0.1) is 0 Å². The van der Waals surface area contributed by atoms with Crippen LogP contribution in [0.15, 0.2) is 16.4 Å². The smallest absolute Gasteiger partial charge is 0.410 e. The van der Waals surface area contributed by atoms with Crippen molar-refractivity contribution in [2.75, 3.05) is 26.2 Å². The highest BCUT2D eigenvalue weighted by atomic mass is 16.6. The molecule has 3 rings (SSSR count). The quantitative estimate of drug-likeness (QED) is 0.804. The van der Waals surface area contributed by atoms with Gasteiger partial charge in [-0.1, -0.05) is 6.92 Å². The maximum atomic E-state index is 12.2. The fourth-order valence-corrected chi connectivity index (χ4v) is 3.58. The fraction of sp³-hybridized carbons (Fsp3) is 0.765. The first-order valence-corrected chi connectivity index (χ1v) is 8.60. The van der Waals surface area contributed by atoms with Crippen molar-refractivity contribution in [3.05, 3.63) is 11.4 Å². The van der Waals surface area contributed by atoms with Gasteiger partial charge in [0.05, 0.1) is 12.4 Å². The molecule has 1 amide bonds. The number of fused-ring (bicyclic) bond motifs is 1. The minimum Gasteiger partial charge on any atom is -0.444 e. The van der Waals surface area contributed by atoms with E-state index in [0.717, 1.165) is 19.5 Å². The zero-order valence-electron chi connectivity index (χ0n) is 14.6. The lowest BCUT2D eigenvalue weighted by atomic mass is 10.0. The van der Waals surface area contributed by atoms with Crippen molar-refractivity contribution < 1.29 is 9.53 Å². The standard InChI is InChI=1S/C17H28N4O2/c1-12-5-6-13-14(12)15(19-11-18-13)20-7-9-21(10-8-20)16(22)23-17(2,3)4/h11-13H,5-10H2,1-4H3,(H,18,19)/t12-,13?/m1/s1. The number of piperazine rings is 1. The van der Waals surface area contributed by atoms with E-state index in [-0.39, 0.29) is 6.09 Å². The van der Waals surface area contributed by atoms with Gasteiger partial charge in [-0.05, 0) is 45.1 Å². The summed E-state index contributed by atoms with van der Waals surface area (Å²) < 4.78 is 5.46. The number of amides is 1. The Kier molecular flexibility index (Phi) is 4.25. The summed E-state index contributed by atoms with van der Waals surface area (Å²) in [5, 5.41) is 3.35. The topological polar surface area (TPSA) is 57.2 Å². The van der Waals surface area contributed by atoms with E-state index in [4.69, 9.17) is 4.74 Å². The second kappa shape index (κ2) is 6.06. The first-order chi connectivity index (χ1) is 10.8. The Morgan fingerprint density at radius 1 is 1.26 bits per heavy atom. The minimum absolute atomic E-state index is 0.208. The van der Waals surface area contributed by atoms with Gasteiger partial charge in [-0.25, -0.2) is 4.79 Å². The maximum Gasteiger partial charge on any atom is 0.410 e. The van der Waals surface area contributed by atoms with Crippen LogP contribution < -0.4 is 5.32 Å². The summed E-state index contributed by atoms with van der Waals surface area (Å²) in [6.45, 7) is 11.1. The van der Waals surface area contributed by atoms with Gasteiger partial charge in [-0.3, -0.25) is 4.99 Å². The molecule has 1 saturated heterocycles. The number of nitrogens with zero attached hydrogens (tertiary/aromatic N) is 3. The van der Waals surface area contributed by atoms with Crippen molar-refractivity contribution in [2.24, 2.45) is 10.9 Å². The Morgan fingerprint density at radius 3 is 2.61 bits per heavy atom. The van der Waals surface area contributed by atoms with E-state index in [0.29, 0.717) is 25.0 Å². The second-order valence-electron chi connectivity index (χ2n) is 7.68. The van der Waals surface area contributed by atoms with Crippen molar-refractivity contribution in [1.82, 2.24) is 15.1 Å². The largest absolute Gasteiger partial charge is 0.444 e. The molecule has 1 aliphatic carbocycles. The highest BCUT2D eigenvalue weighted by Crippen LogP contribution is 2.37. The van der Waals surface area contributed by atoms with Gasteiger partial charge in [0.1, 0.15) is 11.4 Å². The van der Waals surface area contributed by atoms with Crippen LogP contribution in [0.5, 0.6) is 0 Å². The number of nitrogens with one attached hydrogen (secondary N) is 1. The van der Waals surface area contributed by atoms with E-state index in [1.165, 1.54) is 17.8 Å². The van der Waals surface area contributed by atoms with Crippen LogP contribution in [0, 0.1) is 5.92 Å². The average molecular weight is 320 g/mol. The van der Waals surface area contributed by atoms with E-state index in [2.05, 4.69) is 22.1 Å². The predicted molar refractivity (Wildman–Crippen MR) is 90.2 cm³/mol. The van der Waals surface area contributed by atoms with E-state index in [9.17, 15) is 4.79 Å². The molecule has 0 aromatic heterocycles. The van der Waals surface area contributed by atoms with Gasteiger partial charge in [0.15, 0.2) is 0 Å². The highest BCUT2D eigenvalue weighted by Gasteiger charge is 2.35. The van der Waals surface area contributed by atoms with Crippen LogP contribution in [-0.2, 0) is 4.74 Å². The van der Waals surface area contributed by atoms with E-state index >= 15 is 0 Å². The summed E-state index contributed by atoms with van der Waals surface area (Å²) >= 11 is 0. The van der Waals surface area contributed by atoms with Crippen LogP contribution >= 0.6 is 0 Å². The molecule has 23 heavy (non-hydrogen) atoms. The molecule has 1 saturated carbocycles. The summed E-state index contributed by atoms with van der Waals surface area (Å²) in [6.07, 6.45) is 3.98. The molecule has 2 atom stereocenters. The molecule has 3 aliphatic rings. The Balaban J connectivity index is 1.63. The third kappa shape index (κ3) is 3.46. The second-order valence-corrected chi connectivity index (χ2v) is 7.68. The van der Waals surface area contributed by atoms with Crippen LogP contribution in [0.3, 0.4) is 0 Å². The number of ether oxygens (including phenoxy) is 1. The first-order valence-electron chi connectivity index (χ1n) is 8.60. The molecule has 6 heteroatoms. The molecule has 6 nitrogen and oxygen atoms in total. The van der Waals surface area contributed by atoms with Gasteiger partial charge < -0.3 is 19.9 Å². The number of hydrogen-bond acceptors (Lipinski definition) is 5. The van der Waals surface area contributed by atoms with Crippen molar-refractivity contribution in [3.8, 4) is 0 Å². The number of carbonyl (C=O) groups is 1. The van der Waals surface area contributed by atoms with Crippen molar-refractivity contribution in [1.29, 1.82) is 0 Å². The van der Waals surface area contributed by atoms with Crippen LogP contribution in [0.25, 0.3) is 0 Å². The van der Waals surface area contributed by atoms with Gasteiger partial charge >= 0.3 is 6.09 Å². The lowest BCUT2D eigenvalue weighted by Gasteiger charge is -2.39.